The van der Waals surface area contributed by atoms with Gasteiger partial charge >= 0.3 is 0 Å². The maximum Gasteiger partial charge on any atom is 0.129 e. The van der Waals surface area contributed by atoms with Gasteiger partial charge in [0.05, 0.1) is 0 Å². The van der Waals surface area contributed by atoms with Crippen LogP contribution in [0.5, 0.6) is 0 Å². The summed E-state index contributed by atoms with van der Waals surface area (Å²) < 4.78 is 0. The van der Waals surface area contributed by atoms with Crippen molar-refractivity contribution in [1.29, 1.82) is 0 Å². The first-order valence-corrected chi connectivity index (χ1v) is 7.62. The second kappa shape index (κ2) is 6.21. The molecule has 100 valence electrons. The number of pyridine rings is 1. The van der Waals surface area contributed by atoms with Crippen LogP contribution in [0.3, 0.4) is 0 Å². The summed E-state index contributed by atoms with van der Waals surface area (Å²) in [4.78, 5) is 4.84. The van der Waals surface area contributed by atoms with Crippen molar-refractivity contribution in [3.8, 4) is 0 Å². The molecule has 0 bridgehead atoms. The molecule has 0 saturated heterocycles. The van der Waals surface area contributed by atoms with E-state index in [-0.39, 0.29) is 0 Å². The van der Waals surface area contributed by atoms with Crippen LogP contribution in [0.4, 0.5) is 5.82 Å². The molecular formula is C16H26N2. The van der Waals surface area contributed by atoms with Crippen LogP contribution in [0.1, 0.15) is 56.9 Å². The van der Waals surface area contributed by atoms with Crippen LogP contribution in [-0.2, 0) is 19.3 Å². The molecule has 18 heavy (non-hydrogen) atoms. The number of anilines is 1. The van der Waals surface area contributed by atoms with Gasteiger partial charge in [-0.2, -0.15) is 0 Å². The van der Waals surface area contributed by atoms with E-state index in [1.54, 1.807) is 0 Å². The third-order valence-corrected chi connectivity index (χ3v) is 4.07. The minimum atomic E-state index is 0.863. The van der Waals surface area contributed by atoms with Crippen molar-refractivity contribution >= 4 is 5.82 Å². The summed E-state index contributed by atoms with van der Waals surface area (Å²) in [6.45, 7) is 7.39. The molecule has 2 aliphatic rings. The molecule has 1 aliphatic carbocycles. The molecule has 1 N–H and O–H groups in total. The Morgan fingerprint density at radius 2 is 2.11 bits per heavy atom. The first kappa shape index (κ1) is 13.4. The molecule has 1 aliphatic heterocycles. The topological polar surface area (TPSA) is 24.9 Å². The number of rotatable bonds is 1. The zero-order valence-corrected chi connectivity index (χ0v) is 12.1. The van der Waals surface area contributed by atoms with Crippen LogP contribution in [0.2, 0.25) is 0 Å². The Balaban J connectivity index is 0.000000574. The smallest absolute Gasteiger partial charge is 0.129 e. The Morgan fingerprint density at radius 3 is 2.89 bits per heavy atom. The highest BCUT2D eigenvalue weighted by atomic mass is 15.0. The van der Waals surface area contributed by atoms with E-state index >= 15 is 0 Å². The van der Waals surface area contributed by atoms with Crippen molar-refractivity contribution in [3.05, 3.63) is 22.9 Å². The van der Waals surface area contributed by atoms with E-state index in [1.165, 1.54) is 61.2 Å². The van der Waals surface area contributed by atoms with Crippen molar-refractivity contribution < 1.29 is 0 Å². The molecule has 1 unspecified atom stereocenters. The van der Waals surface area contributed by atoms with Crippen LogP contribution in [0, 0.1) is 5.92 Å². The summed E-state index contributed by atoms with van der Waals surface area (Å²) in [6.07, 6.45) is 7.56. The van der Waals surface area contributed by atoms with Gasteiger partial charge in [0.25, 0.3) is 0 Å². The fourth-order valence-electron chi connectivity index (χ4n) is 2.95. The van der Waals surface area contributed by atoms with Gasteiger partial charge in [0.15, 0.2) is 0 Å². The molecule has 1 aromatic rings. The summed E-state index contributed by atoms with van der Waals surface area (Å²) in [5, 5.41) is 3.43. The van der Waals surface area contributed by atoms with Crippen molar-refractivity contribution in [3.63, 3.8) is 0 Å². The Morgan fingerprint density at radius 1 is 1.28 bits per heavy atom. The quantitative estimate of drug-likeness (QED) is 0.810. The highest BCUT2D eigenvalue weighted by molar-refractivity contribution is 5.50. The lowest BCUT2D eigenvalue weighted by molar-refractivity contribution is 0.438. The number of nitrogens with one attached hydrogen (secondary N) is 1. The van der Waals surface area contributed by atoms with Crippen LogP contribution >= 0.6 is 0 Å². The molecule has 0 aromatic carbocycles. The molecule has 0 saturated carbocycles. The fraction of sp³-hybridized carbons (Fsp3) is 0.688. The van der Waals surface area contributed by atoms with Crippen molar-refractivity contribution in [1.82, 2.24) is 4.98 Å². The lowest BCUT2D eigenvalue weighted by Crippen LogP contribution is -2.20. The minimum Gasteiger partial charge on any atom is -0.370 e. The molecule has 2 nitrogen and oxygen atoms in total. The third kappa shape index (κ3) is 2.68. The highest BCUT2D eigenvalue weighted by Crippen LogP contribution is 2.30. The van der Waals surface area contributed by atoms with E-state index in [9.17, 15) is 0 Å². The normalized spacial score (nSPS) is 20.9. The van der Waals surface area contributed by atoms with E-state index < -0.39 is 0 Å². The third-order valence-electron chi connectivity index (χ3n) is 4.07. The van der Waals surface area contributed by atoms with Crippen molar-refractivity contribution in [2.75, 3.05) is 11.9 Å². The van der Waals surface area contributed by atoms with E-state index in [4.69, 9.17) is 4.98 Å². The number of aryl methyl sites for hydroxylation is 2. The van der Waals surface area contributed by atoms with Gasteiger partial charge in [-0.3, -0.25) is 0 Å². The molecule has 0 amide bonds. The average molecular weight is 246 g/mol. The maximum atomic E-state index is 4.84. The highest BCUT2D eigenvalue weighted by Gasteiger charge is 2.21. The largest absolute Gasteiger partial charge is 0.370 e. The van der Waals surface area contributed by atoms with E-state index in [2.05, 4.69) is 18.3 Å². The summed E-state index contributed by atoms with van der Waals surface area (Å²) in [6, 6.07) is 2.41. The Hall–Kier alpha value is -1.05. The first-order valence-electron chi connectivity index (χ1n) is 7.62. The summed E-state index contributed by atoms with van der Waals surface area (Å²) in [5.74, 6) is 2.03. The molecule has 0 spiro atoms. The number of fused-ring (bicyclic) bond motifs is 2. The molecular weight excluding hydrogens is 220 g/mol. The van der Waals surface area contributed by atoms with E-state index in [0.717, 1.165) is 12.5 Å². The fourth-order valence-corrected chi connectivity index (χ4v) is 2.95. The Bertz CT molecular complexity index is 398. The average Bonchev–Trinajstić information content (AvgIpc) is 2.46. The van der Waals surface area contributed by atoms with Crippen molar-refractivity contribution in [2.24, 2.45) is 5.92 Å². The van der Waals surface area contributed by atoms with Gasteiger partial charge in [0.1, 0.15) is 5.82 Å². The zero-order valence-electron chi connectivity index (χ0n) is 12.1. The second-order valence-corrected chi connectivity index (χ2v) is 5.15. The van der Waals surface area contributed by atoms with Crippen LogP contribution in [0.25, 0.3) is 0 Å². The van der Waals surface area contributed by atoms with Gasteiger partial charge < -0.3 is 5.32 Å². The second-order valence-electron chi connectivity index (χ2n) is 5.15. The van der Waals surface area contributed by atoms with Gasteiger partial charge in [-0.1, -0.05) is 33.3 Å². The summed E-state index contributed by atoms with van der Waals surface area (Å²) >= 11 is 0. The standard InChI is InChI=1S/C14H20N2.C2H6/c1-2-10-5-6-11-9-12-4-3-7-15-14(12)16-13(11)8-10;1-2/h9-10H,2-8H2,1H3,(H,15,16);1-2H3. The number of nitrogens with zero attached hydrogens (tertiary/aromatic N) is 1. The van der Waals surface area contributed by atoms with E-state index in [1.807, 2.05) is 13.8 Å². The van der Waals surface area contributed by atoms with Gasteiger partial charge in [0.2, 0.25) is 0 Å². The number of hydrogen-bond donors (Lipinski definition) is 1. The molecule has 3 rings (SSSR count). The van der Waals surface area contributed by atoms with E-state index in [0.29, 0.717) is 0 Å². The predicted octanol–water partition coefficient (Wildman–Crippen LogP) is 3.98. The lowest BCUT2D eigenvalue weighted by Gasteiger charge is -2.26. The monoisotopic (exact) mass is 246 g/mol. The Kier molecular flexibility index (Phi) is 4.62. The summed E-state index contributed by atoms with van der Waals surface area (Å²) in [7, 11) is 0. The minimum absolute atomic E-state index is 0.863. The molecule has 2 heteroatoms. The van der Waals surface area contributed by atoms with Crippen LogP contribution in [0.15, 0.2) is 6.07 Å². The van der Waals surface area contributed by atoms with Gasteiger partial charge in [0, 0.05) is 12.2 Å². The predicted molar refractivity (Wildman–Crippen MR) is 78.2 cm³/mol. The maximum absolute atomic E-state index is 4.84. The lowest BCUT2D eigenvalue weighted by atomic mass is 9.84. The van der Waals surface area contributed by atoms with Crippen LogP contribution in [-0.4, -0.2) is 11.5 Å². The first-order chi connectivity index (χ1) is 8.86. The van der Waals surface area contributed by atoms with Crippen molar-refractivity contribution in [2.45, 2.75) is 59.3 Å². The molecule has 1 aromatic heterocycles. The van der Waals surface area contributed by atoms with Crippen LogP contribution < -0.4 is 5.32 Å². The number of hydrogen-bond acceptors (Lipinski definition) is 2. The van der Waals surface area contributed by atoms with Gasteiger partial charge in [-0.25, -0.2) is 4.98 Å². The molecule has 2 heterocycles. The number of aromatic nitrogens is 1. The molecule has 0 radical (unpaired) electrons. The Labute approximate surface area is 111 Å². The van der Waals surface area contributed by atoms with Gasteiger partial charge in [-0.15, -0.1) is 0 Å². The summed E-state index contributed by atoms with van der Waals surface area (Å²) in [5.41, 5.74) is 4.33. The molecule has 0 fully saturated rings. The van der Waals surface area contributed by atoms with Gasteiger partial charge in [-0.05, 0) is 49.1 Å². The SMILES string of the molecule is CC.CCC1CCc2cc3c(nc2C1)NCCC3. The zero-order chi connectivity index (χ0) is 13.0. The molecule has 1 atom stereocenters.